The van der Waals surface area contributed by atoms with E-state index in [1.54, 1.807) is 0 Å². The maximum absolute atomic E-state index is 6.03. The monoisotopic (exact) mass is 560 g/mol. The molecule has 0 saturated heterocycles. The van der Waals surface area contributed by atoms with Crippen LogP contribution in [0.25, 0.3) is 0 Å². The average Bonchev–Trinajstić information content (AvgIpc) is 2.97. The zero-order valence-electron chi connectivity index (χ0n) is 24.5. The van der Waals surface area contributed by atoms with Gasteiger partial charge < -0.3 is 37.9 Å². The first-order valence-electron chi connectivity index (χ1n) is 14.9. The first-order chi connectivity index (χ1) is 19.8. The van der Waals surface area contributed by atoms with E-state index in [2.05, 4.69) is 38.1 Å². The van der Waals surface area contributed by atoms with Crippen LogP contribution in [0, 0.1) is 0 Å². The van der Waals surface area contributed by atoms with Gasteiger partial charge in [-0.1, -0.05) is 38.8 Å². The molecule has 0 bridgehead atoms. The van der Waals surface area contributed by atoms with Gasteiger partial charge in [0.25, 0.3) is 0 Å². The fourth-order valence-electron chi connectivity index (χ4n) is 4.13. The van der Waals surface area contributed by atoms with Crippen LogP contribution in [0.15, 0.2) is 36.4 Å². The average molecular weight is 561 g/mol. The lowest BCUT2D eigenvalue weighted by molar-refractivity contribution is 0.0223. The first kappa shape index (κ1) is 32.0. The molecule has 1 heterocycles. The molecular weight excluding hydrogens is 512 g/mol. The van der Waals surface area contributed by atoms with Crippen LogP contribution in [0.2, 0.25) is 0 Å². The van der Waals surface area contributed by atoms with Crippen LogP contribution < -0.4 is 18.9 Å². The molecule has 0 saturated carbocycles. The van der Waals surface area contributed by atoms with Crippen molar-refractivity contribution in [2.75, 3.05) is 79.3 Å². The summed E-state index contributed by atoms with van der Waals surface area (Å²) in [6.07, 6.45) is 6.62. The van der Waals surface area contributed by atoms with Crippen molar-refractivity contribution in [3.63, 3.8) is 0 Å². The van der Waals surface area contributed by atoms with Gasteiger partial charge in [0.05, 0.1) is 52.9 Å². The smallest absolute Gasteiger partial charge is 0.161 e. The van der Waals surface area contributed by atoms with Crippen molar-refractivity contribution >= 4 is 0 Å². The normalized spacial score (nSPS) is 17.1. The Hall–Kier alpha value is -2.52. The molecule has 8 nitrogen and oxygen atoms in total. The van der Waals surface area contributed by atoms with Crippen LogP contribution in [0.1, 0.15) is 50.7 Å². The van der Waals surface area contributed by atoms with Crippen LogP contribution >= 0.6 is 0 Å². The van der Waals surface area contributed by atoms with E-state index in [-0.39, 0.29) is 0 Å². The quantitative estimate of drug-likeness (QED) is 0.448. The fourth-order valence-corrected chi connectivity index (χ4v) is 4.13. The summed E-state index contributed by atoms with van der Waals surface area (Å²) in [6, 6.07) is 12.3. The van der Waals surface area contributed by atoms with Gasteiger partial charge in [0.15, 0.2) is 23.0 Å². The Morgan fingerprint density at radius 2 is 0.750 bits per heavy atom. The maximum Gasteiger partial charge on any atom is 0.161 e. The number of aryl methyl sites for hydroxylation is 2. The van der Waals surface area contributed by atoms with E-state index in [9.17, 15) is 0 Å². The molecule has 2 aromatic carbocycles. The Labute approximate surface area is 240 Å². The number of benzene rings is 2. The molecule has 40 heavy (non-hydrogen) atoms. The molecule has 0 N–H and O–H groups in total. The Morgan fingerprint density at radius 3 is 1.10 bits per heavy atom. The lowest BCUT2D eigenvalue weighted by Crippen LogP contribution is -2.15. The largest absolute Gasteiger partial charge is 0.487 e. The van der Waals surface area contributed by atoms with Gasteiger partial charge in [-0.25, -0.2) is 0 Å². The predicted molar refractivity (Wildman–Crippen MR) is 155 cm³/mol. The van der Waals surface area contributed by atoms with Gasteiger partial charge in [-0.3, -0.25) is 0 Å². The summed E-state index contributed by atoms with van der Waals surface area (Å²) < 4.78 is 46.8. The Bertz CT molecular complexity index is 860. The van der Waals surface area contributed by atoms with Crippen LogP contribution in [0.3, 0.4) is 0 Å². The van der Waals surface area contributed by atoms with Crippen molar-refractivity contribution in [2.45, 2.75) is 52.4 Å². The Balaban J connectivity index is 1.51. The second-order valence-corrected chi connectivity index (χ2v) is 9.61. The molecule has 8 heteroatoms. The molecule has 0 unspecified atom stereocenters. The van der Waals surface area contributed by atoms with E-state index in [0.29, 0.717) is 90.8 Å². The van der Waals surface area contributed by atoms with Crippen LogP contribution in [0.4, 0.5) is 0 Å². The molecule has 224 valence electrons. The van der Waals surface area contributed by atoms with Crippen molar-refractivity contribution in [3.05, 3.63) is 47.5 Å². The predicted octanol–water partition coefficient (Wildman–Crippen LogP) is 5.67. The van der Waals surface area contributed by atoms with Gasteiger partial charge in [-0.15, -0.1) is 0 Å². The number of ether oxygens (including phenoxy) is 8. The molecule has 2 aromatic rings. The van der Waals surface area contributed by atoms with Crippen molar-refractivity contribution in [1.29, 1.82) is 0 Å². The highest BCUT2D eigenvalue weighted by atomic mass is 16.6. The maximum atomic E-state index is 6.03. The lowest BCUT2D eigenvalue weighted by atomic mass is 10.1. The van der Waals surface area contributed by atoms with Crippen molar-refractivity contribution in [2.24, 2.45) is 0 Å². The fraction of sp³-hybridized carbons (Fsp3) is 0.625. The van der Waals surface area contributed by atoms with Crippen LogP contribution in [-0.2, 0) is 31.8 Å². The van der Waals surface area contributed by atoms with Gasteiger partial charge >= 0.3 is 0 Å². The summed E-state index contributed by atoms with van der Waals surface area (Å²) in [4.78, 5) is 0. The summed E-state index contributed by atoms with van der Waals surface area (Å²) >= 11 is 0. The molecule has 0 aliphatic carbocycles. The lowest BCUT2D eigenvalue weighted by Gasteiger charge is -2.16. The Kier molecular flexibility index (Phi) is 16.3. The number of hydrogen-bond acceptors (Lipinski definition) is 8. The SMILES string of the molecule is CCCCc1ccc2c(c1)OCCOCCOCCOc1ccc(CCCC)cc1OCCOCCOCCO2. The third kappa shape index (κ3) is 12.8. The van der Waals surface area contributed by atoms with E-state index >= 15 is 0 Å². The topological polar surface area (TPSA) is 73.8 Å². The summed E-state index contributed by atoms with van der Waals surface area (Å²) in [5.41, 5.74) is 2.48. The van der Waals surface area contributed by atoms with Gasteiger partial charge in [-0.05, 0) is 61.1 Å². The minimum absolute atomic E-state index is 0.429. The number of unbranched alkanes of at least 4 members (excludes halogenated alkanes) is 2. The van der Waals surface area contributed by atoms with E-state index in [1.165, 1.54) is 11.1 Å². The molecule has 0 aromatic heterocycles. The van der Waals surface area contributed by atoms with Crippen molar-refractivity contribution in [1.82, 2.24) is 0 Å². The highest BCUT2D eigenvalue weighted by molar-refractivity contribution is 5.44. The molecule has 0 fully saturated rings. The van der Waals surface area contributed by atoms with E-state index < -0.39 is 0 Å². The first-order valence-corrected chi connectivity index (χ1v) is 14.9. The number of hydrogen-bond donors (Lipinski definition) is 0. The minimum atomic E-state index is 0.429. The molecule has 0 amide bonds. The zero-order valence-corrected chi connectivity index (χ0v) is 24.5. The summed E-state index contributed by atoms with van der Waals surface area (Å²) in [6.45, 7) is 9.92. The zero-order chi connectivity index (χ0) is 28.1. The highest BCUT2D eigenvalue weighted by Crippen LogP contribution is 2.30. The molecule has 0 atom stereocenters. The Morgan fingerprint density at radius 1 is 0.425 bits per heavy atom. The standard InChI is InChI=1S/C32H48O8/c1-3-5-7-27-9-11-29-31(25-27)39-23-19-35-15-13-34-18-22-38-30-12-10-28(8-6-4-2)26-32(30)40-24-20-36-16-14-33-17-21-37-29/h9-12,25-26H,3-8,13-24H2,1-2H3. The molecule has 1 aliphatic heterocycles. The van der Waals surface area contributed by atoms with Crippen LogP contribution in [-0.4, -0.2) is 79.3 Å². The van der Waals surface area contributed by atoms with E-state index in [4.69, 9.17) is 37.9 Å². The molecule has 3 rings (SSSR count). The third-order valence-electron chi connectivity index (χ3n) is 6.34. The summed E-state index contributed by atoms with van der Waals surface area (Å²) in [5.74, 6) is 2.91. The molecule has 0 spiro atoms. The second kappa shape index (κ2) is 20.4. The second-order valence-electron chi connectivity index (χ2n) is 9.61. The number of fused-ring (bicyclic) bond motifs is 2. The van der Waals surface area contributed by atoms with Gasteiger partial charge in [-0.2, -0.15) is 0 Å². The summed E-state index contributed by atoms with van der Waals surface area (Å²) in [5, 5.41) is 0. The van der Waals surface area contributed by atoms with Gasteiger partial charge in [0.1, 0.15) is 26.4 Å². The minimum Gasteiger partial charge on any atom is -0.487 e. The number of rotatable bonds is 6. The van der Waals surface area contributed by atoms with E-state index in [1.807, 2.05) is 12.1 Å². The molecule has 0 radical (unpaired) electrons. The molecule has 1 aliphatic rings. The van der Waals surface area contributed by atoms with Crippen molar-refractivity contribution in [3.8, 4) is 23.0 Å². The highest BCUT2D eigenvalue weighted by Gasteiger charge is 2.09. The van der Waals surface area contributed by atoms with Crippen LogP contribution in [0.5, 0.6) is 23.0 Å². The van der Waals surface area contributed by atoms with E-state index in [0.717, 1.165) is 50.0 Å². The molecular formula is C32H48O8. The summed E-state index contributed by atoms with van der Waals surface area (Å²) in [7, 11) is 0. The van der Waals surface area contributed by atoms with Gasteiger partial charge in [0.2, 0.25) is 0 Å². The van der Waals surface area contributed by atoms with Crippen molar-refractivity contribution < 1.29 is 37.9 Å². The third-order valence-corrected chi connectivity index (χ3v) is 6.34. The van der Waals surface area contributed by atoms with Gasteiger partial charge in [0, 0.05) is 0 Å².